The van der Waals surface area contributed by atoms with Crippen LogP contribution in [0.15, 0.2) is 45.8 Å². The van der Waals surface area contributed by atoms with Crippen molar-refractivity contribution < 1.29 is 31.8 Å². The van der Waals surface area contributed by atoms with Crippen LogP contribution in [0.2, 0.25) is 0 Å². The van der Waals surface area contributed by atoms with Crippen molar-refractivity contribution in [3.8, 4) is 11.5 Å². The summed E-state index contributed by atoms with van der Waals surface area (Å²) < 4.78 is 63.2. The first kappa shape index (κ1) is 19.1. The second-order valence-corrected chi connectivity index (χ2v) is 8.73. The molecule has 0 saturated heterocycles. The zero-order valence-electron chi connectivity index (χ0n) is 13.8. The third-order valence-electron chi connectivity index (χ3n) is 4.30. The molecule has 9 heteroatoms. The van der Waals surface area contributed by atoms with Crippen LogP contribution in [0, 0.1) is 0 Å². The van der Waals surface area contributed by atoms with Crippen molar-refractivity contribution in [2.75, 3.05) is 7.11 Å². The monoisotopic (exact) mass is 448 g/mol. The Hall–Kier alpha value is -1.71. The highest BCUT2D eigenvalue weighted by atomic mass is 79.9. The van der Waals surface area contributed by atoms with E-state index in [4.69, 9.17) is 9.47 Å². The van der Waals surface area contributed by atoms with E-state index >= 15 is 0 Å². The van der Waals surface area contributed by atoms with E-state index in [-0.39, 0.29) is 16.8 Å². The Kier molecular flexibility index (Phi) is 4.53. The number of aliphatic hydroxyl groups is 1. The van der Waals surface area contributed by atoms with Gasteiger partial charge in [0.05, 0.1) is 16.5 Å². The third kappa shape index (κ3) is 2.60. The number of methoxy groups -OCH3 is 1. The molecule has 0 fully saturated rings. The van der Waals surface area contributed by atoms with Crippen molar-refractivity contribution in [3.05, 3.63) is 52.0 Å². The van der Waals surface area contributed by atoms with Gasteiger partial charge in [-0.1, -0.05) is 12.1 Å². The SMILES string of the molecule is COc1ccc(COc2ccc3c(c2Br)C(C)(O)C(F)(F)S3(=O)=O)cc1. The minimum atomic E-state index is -4.99. The summed E-state index contributed by atoms with van der Waals surface area (Å²) in [6.45, 7) is 0.890. The van der Waals surface area contributed by atoms with E-state index in [9.17, 15) is 22.3 Å². The van der Waals surface area contributed by atoms with Crippen LogP contribution in [0.1, 0.15) is 18.1 Å². The van der Waals surface area contributed by atoms with E-state index < -0.39 is 31.2 Å². The Bertz CT molecular complexity index is 956. The number of rotatable bonds is 4. The molecule has 0 radical (unpaired) electrons. The topological polar surface area (TPSA) is 72.8 Å². The first-order valence-electron chi connectivity index (χ1n) is 7.47. The number of ether oxygens (including phenoxy) is 2. The number of hydrogen-bond donors (Lipinski definition) is 1. The van der Waals surface area contributed by atoms with Gasteiger partial charge in [0, 0.05) is 5.56 Å². The summed E-state index contributed by atoms with van der Waals surface area (Å²) in [4.78, 5) is -0.615. The highest BCUT2D eigenvalue weighted by molar-refractivity contribution is 9.10. The summed E-state index contributed by atoms with van der Waals surface area (Å²) in [6, 6.07) is 9.34. The Labute approximate surface area is 157 Å². The first-order chi connectivity index (χ1) is 12.0. The molecule has 5 nitrogen and oxygen atoms in total. The molecule has 1 aliphatic heterocycles. The standard InChI is InChI=1S/C17H15BrF2O5S/c1-16(21)14-13(26(22,23)17(16,19)20)8-7-12(15(14)18)25-9-10-3-5-11(24-2)6-4-10/h3-8,21H,9H2,1-2H3. The molecule has 3 rings (SSSR count). The van der Waals surface area contributed by atoms with E-state index in [1.807, 2.05) is 0 Å². The number of alkyl halides is 2. The smallest absolute Gasteiger partial charge is 0.381 e. The lowest BCUT2D eigenvalue weighted by Crippen LogP contribution is -2.42. The van der Waals surface area contributed by atoms with Crippen LogP contribution in [-0.4, -0.2) is 25.9 Å². The second kappa shape index (κ2) is 6.17. The van der Waals surface area contributed by atoms with E-state index in [2.05, 4.69) is 15.9 Å². The summed E-state index contributed by atoms with van der Waals surface area (Å²) in [7, 11) is -3.44. The van der Waals surface area contributed by atoms with Crippen molar-refractivity contribution in [2.24, 2.45) is 0 Å². The van der Waals surface area contributed by atoms with Gasteiger partial charge in [-0.15, -0.1) is 0 Å². The summed E-state index contributed by atoms with van der Waals surface area (Å²) in [5.41, 5.74) is -2.49. The van der Waals surface area contributed by atoms with Crippen molar-refractivity contribution >= 4 is 25.8 Å². The minimum absolute atomic E-state index is 0.0192. The summed E-state index contributed by atoms with van der Waals surface area (Å²) in [5.74, 6) is 0.823. The fourth-order valence-electron chi connectivity index (χ4n) is 2.76. The van der Waals surface area contributed by atoms with Crippen molar-refractivity contribution in [1.82, 2.24) is 0 Å². The van der Waals surface area contributed by atoms with Crippen molar-refractivity contribution in [1.29, 1.82) is 0 Å². The average Bonchev–Trinajstić information content (AvgIpc) is 2.70. The van der Waals surface area contributed by atoms with Gasteiger partial charge in [-0.2, -0.15) is 8.78 Å². The van der Waals surface area contributed by atoms with E-state index in [0.717, 1.165) is 18.6 Å². The molecule has 0 aliphatic carbocycles. The number of halogens is 3. The van der Waals surface area contributed by atoms with Crippen LogP contribution >= 0.6 is 15.9 Å². The summed E-state index contributed by atoms with van der Waals surface area (Å²) in [6.07, 6.45) is 0. The lowest BCUT2D eigenvalue weighted by molar-refractivity contribution is -0.115. The molecule has 1 N–H and O–H groups in total. The summed E-state index contributed by atoms with van der Waals surface area (Å²) >= 11 is 3.10. The molecule has 1 unspecified atom stereocenters. The molecule has 140 valence electrons. The predicted molar refractivity (Wildman–Crippen MR) is 93.2 cm³/mol. The maximum absolute atomic E-state index is 14.2. The Morgan fingerprint density at radius 2 is 1.77 bits per heavy atom. The lowest BCUT2D eigenvalue weighted by atomic mass is 9.96. The maximum Gasteiger partial charge on any atom is 0.381 e. The number of sulfone groups is 1. The van der Waals surface area contributed by atoms with Gasteiger partial charge in [-0.25, -0.2) is 8.42 Å². The van der Waals surface area contributed by atoms with Gasteiger partial charge in [0.15, 0.2) is 5.60 Å². The van der Waals surface area contributed by atoms with Crippen molar-refractivity contribution in [2.45, 2.75) is 29.3 Å². The van der Waals surface area contributed by atoms with Crippen LogP contribution in [-0.2, 0) is 22.0 Å². The van der Waals surface area contributed by atoms with Gasteiger partial charge >= 0.3 is 5.25 Å². The molecular weight excluding hydrogens is 434 g/mol. The van der Waals surface area contributed by atoms with Gasteiger partial charge < -0.3 is 14.6 Å². The Morgan fingerprint density at radius 1 is 1.15 bits per heavy atom. The highest BCUT2D eigenvalue weighted by Crippen LogP contribution is 2.56. The normalized spacial score (nSPS) is 22.7. The highest BCUT2D eigenvalue weighted by Gasteiger charge is 2.68. The molecule has 1 heterocycles. The van der Waals surface area contributed by atoms with Gasteiger partial charge in [0.1, 0.15) is 18.1 Å². The molecule has 0 saturated carbocycles. The summed E-state index contributed by atoms with van der Waals surface area (Å²) in [5, 5.41) is 5.90. The maximum atomic E-state index is 14.2. The van der Waals surface area contributed by atoms with Crippen molar-refractivity contribution in [3.63, 3.8) is 0 Å². The third-order valence-corrected chi connectivity index (χ3v) is 7.08. The number of benzene rings is 2. The average molecular weight is 449 g/mol. The van der Waals surface area contributed by atoms with Gasteiger partial charge in [0.2, 0.25) is 9.84 Å². The van der Waals surface area contributed by atoms with Gasteiger partial charge in [-0.05, 0) is 52.7 Å². The fourth-order valence-corrected chi connectivity index (χ4v) is 5.45. The zero-order valence-corrected chi connectivity index (χ0v) is 16.2. The molecule has 0 aromatic heterocycles. The van der Waals surface area contributed by atoms with E-state index in [1.54, 1.807) is 31.4 Å². The van der Waals surface area contributed by atoms with Crippen LogP contribution < -0.4 is 9.47 Å². The molecular formula is C17H15BrF2O5S. The molecule has 0 amide bonds. The van der Waals surface area contributed by atoms with Crippen LogP contribution in [0.25, 0.3) is 0 Å². The second-order valence-electron chi connectivity index (χ2n) is 5.98. The first-order valence-corrected chi connectivity index (χ1v) is 9.75. The molecule has 0 bridgehead atoms. The lowest BCUT2D eigenvalue weighted by Gasteiger charge is -2.25. The fraction of sp³-hybridized carbons (Fsp3) is 0.294. The zero-order chi connectivity index (χ0) is 19.3. The molecule has 2 aromatic carbocycles. The van der Waals surface area contributed by atoms with Crippen LogP contribution in [0.4, 0.5) is 8.78 Å². The van der Waals surface area contributed by atoms with Crippen LogP contribution in [0.3, 0.4) is 0 Å². The number of hydrogen-bond acceptors (Lipinski definition) is 5. The molecule has 1 atom stereocenters. The Balaban J connectivity index is 1.95. The molecule has 1 aliphatic rings. The van der Waals surface area contributed by atoms with E-state index in [1.165, 1.54) is 6.07 Å². The van der Waals surface area contributed by atoms with E-state index in [0.29, 0.717) is 5.75 Å². The minimum Gasteiger partial charge on any atom is -0.497 e. The molecule has 26 heavy (non-hydrogen) atoms. The Morgan fingerprint density at radius 3 is 2.35 bits per heavy atom. The van der Waals surface area contributed by atoms with Gasteiger partial charge in [-0.3, -0.25) is 0 Å². The van der Waals surface area contributed by atoms with Crippen LogP contribution in [0.5, 0.6) is 11.5 Å². The molecule has 0 spiro atoms. The van der Waals surface area contributed by atoms with Gasteiger partial charge in [0.25, 0.3) is 0 Å². The molecule has 2 aromatic rings. The quantitative estimate of drug-likeness (QED) is 0.772. The largest absolute Gasteiger partial charge is 0.497 e. The number of fused-ring (bicyclic) bond motifs is 1. The predicted octanol–water partition coefficient (Wildman–Crippen LogP) is 3.62.